The molecule has 2 aromatic carbocycles. The number of halogens is 3. The van der Waals surface area contributed by atoms with Crippen LogP contribution in [-0.4, -0.2) is 38.3 Å². The lowest BCUT2D eigenvalue weighted by molar-refractivity contribution is -0.137. The first-order valence-electron chi connectivity index (χ1n) is 7.95. The lowest BCUT2D eigenvalue weighted by Gasteiger charge is -2.10. The first kappa shape index (κ1) is 20.9. The molecule has 0 fully saturated rings. The van der Waals surface area contributed by atoms with E-state index < -0.39 is 33.2 Å². The van der Waals surface area contributed by atoms with Gasteiger partial charge in [0.15, 0.2) is 9.84 Å². The highest BCUT2D eigenvalue weighted by molar-refractivity contribution is 7.91. The normalized spacial score (nSPS) is 12.0. The van der Waals surface area contributed by atoms with E-state index in [9.17, 15) is 26.4 Å². The Morgan fingerprint density at radius 1 is 1.04 bits per heavy atom. The van der Waals surface area contributed by atoms with Crippen LogP contribution < -0.4 is 5.32 Å². The lowest BCUT2D eigenvalue weighted by Crippen LogP contribution is -2.32. The number of carbonyl (C=O) groups is 1. The molecule has 9 heteroatoms. The van der Waals surface area contributed by atoms with Crippen molar-refractivity contribution in [2.75, 3.05) is 18.9 Å². The molecule has 5 nitrogen and oxygen atoms in total. The minimum Gasteiger partial charge on any atom is -0.395 e. The first-order chi connectivity index (χ1) is 12.6. The summed E-state index contributed by atoms with van der Waals surface area (Å²) in [5, 5.41) is 10.9. The summed E-state index contributed by atoms with van der Waals surface area (Å²) in [5.41, 5.74) is 0.534. The first-order valence-corrected chi connectivity index (χ1v) is 9.77. The zero-order valence-corrected chi connectivity index (χ0v) is 15.0. The number of sulfone groups is 1. The van der Waals surface area contributed by atoms with Gasteiger partial charge in [0, 0.05) is 6.54 Å². The third kappa shape index (κ3) is 6.37. The van der Waals surface area contributed by atoms with Gasteiger partial charge in [-0.2, -0.15) is 13.2 Å². The van der Waals surface area contributed by atoms with Gasteiger partial charge in [0.25, 0.3) is 0 Å². The predicted molar refractivity (Wildman–Crippen MR) is 94.5 cm³/mol. The third-order valence-corrected chi connectivity index (χ3v) is 5.12. The van der Waals surface area contributed by atoms with Gasteiger partial charge in [-0.3, -0.25) is 4.79 Å². The zero-order valence-electron chi connectivity index (χ0n) is 14.2. The molecule has 0 atom stereocenters. The quantitative estimate of drug-likeness (QED) is 0.746. The Bertz CT molecular complexity index is 894. The van der Waals surface area contributed by atoms with Gasteiger partial charge in [-0.15, -0.1) is 0 Å². The van der Waals surface area contributed by atoms with Gasteiger partial charge in [-0.1, -0.05) is 36.4 Å². The molecule has 2 aromatic rings. The molecule has 0 aromatic heterocycles. The molecule has 2 N–H and O–H groups in total. The largest absolute Gasteiger partial charge is 0.416 e. The molecule has 0 unspecified atom stereocenters. The van der Waals surface area contributed by atoms with E-state index in [-0.39, 0.29) is 18.9 Å². The van der Waals surface area contributed by atoms with Crippen molar-refractivity contribution in [1.82, 2.24) is 5.32 Å². The summed E-state index contributed by atoms with van der Waals surface area (Å²) in [4.78, 5) is 11.5. The second kappa shape index (κ2) is 8.53. The topological polar surface area (TPSA) is 83.5 Å². The summed E-state index contributed by atoms with van der Waals surface area (Å²) in [5.74, 6) is -1.78. The molecule has 2 rings (SSSR count). The predicted octanol–water partition coefficient (Wildman–Crippen LogP) is 2.40. The lowest BCUT2D eigenvalue weighted by atomic mass is 10.0. The number of carbonyl (C=O) groups excluding carboxylic acids is 1. The van der Waals surface area contributed by atoms with Gasteiger partial charge in [-0.05, 0) is 28.8 Å². The molecule has 0 aliphatic carbocycles. The average molecular weight is 401 g/mol. The van der Waals surface area contributed by atoms with E-state index in [1.165, 1.54) is 36.4 Å². The SMILES string of the molecule is O=C(CS(=O)(=O)Cc1ccc(-c2cccc(C(F)(F)F)c2)cc1)NCCO. The number of rotatable bonds is 7. The van der Waals surface area contributed by atoms with Crippen LogP contribution in [0.2, 0.25) is 0 Å². The monoisotopic (exact) mass is 401 g/mol. The van der Waals surface area contributed by atoms with E-state index >= 15 is 0 Å². The highest BCUT2D eigenvalue weighted by atomic mass is 32.2. The fourth-order valence-corrected chi connectivity index (χ4v) is 3.72. The maximum atomic E-state index is 12.8. The van der Waals surface area contributed by atoms with Crippen molar-refractivity contribution >= 4 is 15.7 Å². The molecule has 0 bridgehead atoms. The molecule has 0 radical (unpaired) electrons. The van der Waals surface area contributed by atoms with Crippen LogP contribution in [0, 0.1) is 0 Å². The van der Waals surface area contributed by atoms with E-state index in [0.717, 1.165) is 12.1 Å². The standard InChI is InChI=1S/C18H18F3NO4S/c19-18(20,21)16-3-1-2-15(10-16)14-6-4-13(5-7-14)11-27(25,26)12-17(24)22-8-9-23/h1-7,10,23H,8-9,11-12H2,(H,22,24). The summed E-state index contributed by atoms with van der Waals surface area (Å²) in [6.07, 6.45) is -4.44. The number of hydrogen-bond acceptors (Lipinski definition) is 4. The Hall–Kier alpha value is -2.39. The molecule has 27 heavy (non-hydrogen) atoms. The number of nitrogens with one attached hydrogen (secondary N) is 1. The second-order valence-electron chi connectivity index (χ2n) is 5.88. The van der Waals surface area contributed by atoms with E-state index in [1.54, 1.807) is 0 Å². The van der Waals surface area contributed by atoms with E-state index in [0.29, 0.717) is 16.7 Å². The van der Waals surface area contributed by atoms with Crippen molar-refractivity contribution in [2.45, 2.75) is 11.9 Å². The van der Waals surface area contributed by atoms with Crippen LogP contribution in [0.25, 0.3) is 11.1 Å². The van der Waals surface area contributed by atoms with Crippen LogP contribution in [0.3, 0.4) is 0 Å². The summed E-state index contributed by atoms with van der Waals surface area (Å²) in [6.45, 7) is -0.317. The number of aliphatic hydroxyl groups excluding tert-OH is 1. The van der Waals surface area contributed by atoms with Crippen LogP contribution in [0.1, 0.15) is 11.1 Å². The molecule has 0 saturated carbocycles. The van der Waals surface area contributed by atoms with Crippen LogP contribution in [0.15, 0.2) is 48.5 Å². The van der Waals surface area contributed by atoms with Gasteiger partial charge in [0.1, 0.15) is 5.75 Å². The van der Waals surface area contributed by atoms with E-state index in [2.05, 4.69) is 5.32 Å². The average Bonchev–Trinajstić information content (AvgIpc) is 2.59. The molecule has 0 aliphatic heterocycles. The summed E-state index contributed by atoms with van der Waals surface area (Å²) in [6, 6.07) is 10.9. The summed E-state index contributed by atoms with van der Waals surface area (Å²) in [7, 11) is -3.71. The Morgan fingerprint density at radius 3 is 2.30 bits per heavy atom. The smallest absolute Gasteiger partial charge is 0.395 e. The molecular weight excluding hydrogens is 383 g/mol. The van der Waals surface area contributed by atoms with Crippen molar-refractivity contribution in [1.29, 1.82) is 0 Å². The fraction of sp³-hybridized carbons (Fsp3) is 0.278. The van der Waals surface area contributed by atoms with Crippen molar-refractivity contribution in [3.05, 3.63) is 59.7 Å². The minimum atomic E-state index is -4.44. The van der Waals surface area contributed by atoms with Gasteiger partial charge < -0.3 is 10.4 Å². The maximum Gasteiger partial charge on any atom is 0.416 e. The molecule has 1 amide bonds. The van der Waals surface area contributed by atoms with Crippen molar-refractivity contribution in [3.8, 4) is 11.1 Å². The summed E-state index contributed by atoms with van der Waals surface area (Å²) < 4.78 is 62.5. The Kier molecular flexibility index (Phi) is 6.61. The maximum absolute atomic E-state index is 12.8. The molecule has 146 valence electrons. The minimum absolute atomic E-state index is 0.0277. The van der Waals surface area contributed by atoms with Crippen LogP contribution in [0.4, 0.5) is 13.2 Å². The van der Waals surface area contributed by atoms with Crippen molar-refractivity contribution in [2.24, 2.45) is 0 Å². The zero-order chi connectivity index (χ0) is 20.1. The summed E-state index contributed by atoms with van der Waals surface area (Å²) >= 11 is 0. The molecule has 0 heterocycles. The number of benzene rings is 2. The van der Waals surface area contributed by atoms with E-state index in [4.69, 9.17) is 5.11 Å². The van der Waals surface area contributed by atoms with Crippen molar-refractivity contribution in [3.63, 3.8) is 0 Å². The highest BCUT2D eigenvalue weighted by Gasteiger charge is 2.30. The van der Waals surface area contributed by atoms with Gasteiger partial charge in [0.2, 0.25) is 5.91 Å². The number of hydrogen-bond donors (Lipinski definition) is 2. The third-order valence-electron chi connectivity index (χ3n) is 3.65. The van der Waals surface area contributed by atoms with Crippen LogP contribution in [0.5, 0.6) is 0 Å². The second-order valence-corrected chi connectivity index (χ2v) is 7.95. The fourth-order valence-electron chi connectivity index (χ4n) is 2.42. The van der Waals surface area contributed by atoms with Gasteiger partial charge in [-0.25, -0.2) is 8.42 Å². The van der Waals surface area contributed by atoms with E-state index in [1.807, 2.05) is 0 Å². The number of aliphatic hydroxyl groups is 1. The number of amides is 1. The molecule has 0 saturated heterocycles. The van der Waals surface area contributed by atoms with Gasteiger partial charge in [0.05, 0.1) is 17.9 Å². The van der Waals surface area contributed by atoms with Crippen molar-refractivity contribution < 1.29 is 31.5 Å². The van der Waals surface area contributed by atoms with Crippen LogP contribution in [-0.2, 0) is 26.6 Å². The highest BCUT2D eigenvalue weighted by Crippen LogP contribution is 2.32. The van der Waals surface area contributed by atoms with Gasteiger partial charge >= 0.3 is 6.18 Å². The molecular formula is C18H18F3NO4S. The number of alkyl halides is 3. The molecule has 0 spiro atoms. The van der Waals surface area contributed by atoms with Crippen LogP contribution >= 0.6 is 0 Å². The Labute approximate surface area is 154 Å². The Morgan fingerprint density at radius 2 is 1.70 bits per heavy atom. The Balaban J connectivity index is 2.10. The molecule has 0 aliphatic rings.